The van der Waals surface area contributed by atoms with Crippen molar-refractivity contribution in [1.82, 2.24) is 9.88 Å². The Morgan fingerprint density at radius 2 is 2.25 bits per heavy atom. The fourth-order valence-corrected chi connectivity index (χ4v) is 1.26. The van der Waals surface area contributed by atoms with Crippen LogP contribution in [0.25, 0.3) is 0 Å². The molecule has 1 heterocycles. The molecule has 4 nitrogen and oxygen atoms in total. The van der Waals surface area contributed by atoms with Crippen LogP contribution >= 0.6 is 0 Å². The molecular formula is C11H17FN2O2. The lowest BCUT2D eigenvalue weighted by molar-refractivity contribution is 0.246. The first-order valence-corrected chi connectivity index (χ1v) is 5.16. The van der Waals surface area contributed by atoms with E-state index in [9.17, 15) is 4.39 Å². The molecule has 0 atom stereocenters. The van der Waals surface area contributed by atoms with Crippen LogP contribution in [0.4, 0.5) is 4.39 Å². The van der Waals surface area contributed by atoms with Crippen LogP contribution < -0.4 is 4.74 Å². The summed E-state index contributed by atoms with van der Waals surface area (Å²) < 4.78 is 18.2. The van der Waals surface area contributed by atoms with Gasteiger partial charge in [-0.1, -0.05) is 0 Å². The molecule has 1 aromatic heterocycles. The van der Waals surface area contributed by atoms with Gasteiger partial charge in [-0.3, -0.25) is 0 Å². The summed E-state index contributed by atoms with van der Waals surface area (Å²) in [4.78, 5) is 5.84. The molecule has 5 heteroatoms. The third kappa shape index (κ3) is 4.12. The normalized spacial score (nSPS) is 10.8. The SMILES string of the molecule is CN(C)CCCOc1ncc(F)cc1CO. The molecule has 0 amide bonds. The van der Waals surface area contributed by atoms with Gasteiger partial charge >= 0.3 is 0 Å². The van der Waals surface area contributed by atoms with Gasteiger partial charge in [0.15, 0.2) is 0 Å². The van der Waals surface area contributed by atoms with Gasteiger partial charge in [-0.25, -0.2) is 9.37 Å². The molecule has 0 aliphatic carbocycles. The molecule has 0 aliphatic heterocycles. The van der Waals surface area contributed by atoms with Gasteiger partial charge in [0.2, 0.25) is 5.88 Å². The van der Waals surface area contributed by atoms with Crippen LogP contribution in [0.2, 0.25) is 0 Å². The number of aliphatic hydroxyl groups excluding tert-OH is 1. The van der Waals surface area contributed by atoms with Crippen LogP contribution in [0.3, 0.4) is 0 Å². The second-order valence-electron chi connectivity index (χ2n) is 3.78. The summed E-state index contributed by atoms with van der Waals surface area (Å²) >= 11 is 0. The average molecular weight is 228 g/mol. The topological polar surface area (TPSA) is 45.6 Å². The lowest BCUT2D eigenvalue weighted by Crippen LogP contribution is -2.16. The van der Waals surface area contributed by atoms with Gasteiger partial charge in [0.05, 0.1) is 19.4 Å². The van der Waals surface area contributed by atoms with Crippen molar-refractivity contribution in [1.29, 1.82) is 0 Å². The predicted octanol–water partition coefficient (Wildman–Crippen LogP) is 1.04. The highest BCUT2D eigenvalue weighted by Gasteiger charge is 2.06. The van der Waals surface area contributed by atoms with Gasteiger partial charge in [0, 0.05) is 12.1 Å². The first-order chi connectivity index (χ1) is 7.63. The minimum atomic E-state index is -0.468. The number of pyridine rings is 1. The number of aliphatic hydroxyl groups is 1. The van der Waals surface area contributed by atoms with Crippen molar-refractivity contribution < 1.29 is 14.2 Å². The van der Waals surface area contributed by atoms with Crippen molar-refractivity contribution in [2.45, 2.75) is 13.0 Å². The predicted molar refractivity (Wildman–Crippen MR) is 58.8 cm³/mol. The molecule has 16 heavy (non-hydrogen) atoms. The third-order valence-corrected chi connectivity index (χ3v) is 2.05. The summed E-state index contributed by atoms with van der Waals surface area (Å²) in [5.41, 5.74) is 0.379. The molecule has 0 aromatic carbocycles. The highest BCUT2D eigenvalue weighted by atomic mass is 19.1. The number of hydrogen-bond donors (Lipinski definition) is 1. The Balaban J connectivity index is 2.47. The van der Waals surface area contributed by atoms with Crippen LogP contribution in [0.1, 0.15) is 12.0 Å². The number of hydrogen-bond acceptors (Lipinski definition) is 4. The van der Waals surface area contributed by atoms with Crippen molar-refractivity contribution in [2.24, 2.45) is 0 Å². The Morgan fingerprint density at radius 1 is 1.50 bits per heavy atom. The van der Waals surface area contributed by atoms with Crippen LogP contribution in [-0.2, 0) is 6.61 Å². The summed E-state index contributed by atoms with van der Waals surface area (Å²) in [5, 5.41) is 8.99. The van der Waals surface area contributed by atoms with Crippen molar-refractivity contribution >= 4 is 0 Å². The highest BCUT2D eigenvalue weighted by Crippen LogP contribution is 2.16. The maximum absolute atomic E-state index is 12.8. The molecule has 0 saturated heterocycles. The number of halogens is 1. The first-order valence-electron chi connectivity index (χ1n) is 5.16. The Morgan fingerprint density at radius 3 is 2.88 bits per heavy atom. The zero-order valence-electron chi connectivity index (χ0n) is 9.61. The second-order valence-corrected chi connectivity index (χ2v) is 3.78. The average Bonchev–Trinajstić information content (AvgIpc) is 2.25. The van der Waals surface area contributed by atoms with Crippen molar-refractivity contribution in [3.8, 4) is 5.88 Å². The smallest absolute Gasteiger partial charge is 0.219 e. The van der Waals surface area contributed by atoms with E-state index in [0.29, 0.717) is 18.1 Å². The molecule has 1 N–H and O–H groups in total. The first kappa shape index (κ1) is 12.9. The van der Waals surface area contributed by atoms with Crippen molar-refractivity contribution in [3.05, 3.63) is 23.6 Å². The number of aromatic nitrogens is 1. The number of ether oxygens (including phenoxy) is 1. The van der Waals surface area contributed by atoms with Gasteiger partial charge in [0.25, 0.3) is 0 Å². The third-order valence-electron chi connectivity index (χ3n) is 2.05. The molecular weight excluding hydrogens is 211 g/mol. The fraction of sp³-hybridized carbons (Fsp3) is 0.545. The maximum atomic E-state index is 12.8. The van der Waals surface area contributed by atoms with Gasteiger partial charge < -0.3 is 14.7 Å². The quantitative estimate of drug-likeness (QED) is 0.739. The van der Waals surface area contributed by atoms with E-state index in [1.54, 1.807) is 0 Å². The second kappa shape index (κ2) is 6.40. The zero-order valence-corrected chi connectivity index (χ0v) is 9.61. The minimum absolute atomic E-state index is 0.270. The van der Waals surface area contributed by atoms with Crippen molar-refractivity contribution in [2.75, 3.05) is 27.2 Å². The lowest BCUT2D eigenvalue weighted by Gasteiger charge is -2.11. The lowest BCUT2D eigenvalue weighted by atomic mass is 10.3. The minimum Gasteiger partial charge on any atom is -0.477 e. The maximum Gasteiger partial charge on any atom is 0.219 e. The standard InChI is InChI=1S/C11H17FN2O2/c1-14(2)4-3-5-16-11-9(8-15)6-10(12)7-13-11/h6-7,15H,3-5,8H2,1-2H3. The van der Waals surface area contributed by atoms with E-state index in [-0.39, 0.29) is 6.61 Å². The zero-order chi connectivity index (χ0) is 12.0. The van der Waals surface area contributed by atoms with Crippen LogP contribution in [-0.4, -0.2) is 42.2 Å². The van der Waals surface area contributed by atoms with Gasteiger partial charge in [0.1, 0.15) is 5.82 Å². The summed E-state index contributed by atoms with van der Waals surface area (Å²) in [6.45, 7) is 1.15. The van der Waals surface area contributed by atoms with E-state index < -0.39 is 5.82 Å². The van der Waals surface area contributed by atoms with E-state index in [1.807, 2.05) is 14.1 Å². The molecule has 0 bridgehead atoms. The Bertz CT molecular complexity index is 332. The largest absolute Gasteiger partial charge is 0.477 e. The summed E-state index contributed by atoms with van der Waals surface area (Å²) in [6, 6.07) is 1.23. The van der Waals surface area contributed by atoms with Gasteiger partial charge in [-0.05, 0) is 26.6 Å². The van der Waals surface area contributed by atoms with E-state index >= 15 is 0 Å². The van der Waals surface area contributed by atoms with Crippen LogP contribution in [0.5, 0.6) is 5.88 Å². The molecule has 0 spiro atoms. The molecule has 1 rings (SSSR count). The number of rotatable bonds is 6. The van der Waals surface area contributed by atoms with E-state index in [4.69, 9.17) is 9.84 Å². The highest BCUT2D eigenvalue weighted by molar-refractivity contribution is 5.25. The molecule has 0 fully saturated rings. The molecule has 0 radical (unpaired) electrons. The Kier molecular flexibility index (Phi) is 5.14. The molecule has 0 saturated carbocycles. The van der Waals surface area contributed by atoms with Crippen LogP contribution in [0, 0.1) is 5.82 Å². The summed E-state index contributed by atoms with van der Waals surface area (Å²) in [7, 11) is 3.96. The molecule has 1 aromatic rings. The molecule has 90 valence electrons. The number of nitrogens with zero attached hydrogens (tertiary/aromatic N) is 2. The molecule has 0 unspecified atom stereocenters. The summed E-state index contributed by atoms with van der Waals surface area (Å²) in [6.07, 6.45) is 1.94. The van der Waals surface area contributed by atoms with Crippen LogP contribution in [0.15, 0.2) is 12.3 Å². The Hall–Kier alpha value is -1.20. The van der Waals surface area contributed by atoms with Gasteiger partial charge in [-0.15, -0.1) is 0 Å². The molecule has 0 aliphatic rings. The van der Waals surface area contributed by atoms with E-state index in [0.717, 1.165) is 19.2 Å². The van der Waals surface area contributed by atoms with Crippen molar-refractivity contribution in [3.63, 3.8) is 0 Å². The monoisotopic (exact) mass is 228 g/mol. The van der Waals surface area contributed by atoms with E-state index in [2.05, 4.69) is 9.88 Å². The Labute approximate surface area is 94.7 Å². The fourth-order valence-electron chi connectivity index (χ4n) is 1.26. The van der Waals surface area contributed by atoms with Gasteiger partial charge in [-0.2, -0.15) is 0 Å². The summed E-state index contributed by atoms with van der Waals surface area (Å²) in [5.74, 6) is -0.160. The van der Waals surface area contributed by atoms with E-state index in [1.165, 1.54) is 6.07 Å².